The number of amides is 1. The van der Waals surface area contributed by atoms with E-state index in [1.807, 2.05) is 19.9 Å². The normalized spacial score (nSPS) is 10.4. The molecule has 0 spiro atoms. The van der Waals surface area contributed by atoms with E-state index in [4.69, 9.17) is 21.1 Å². The zero-order valence-corrected chi connectivity index (χ0v) is 16.6. The Hall–Kier alpha value is -2.53. The molecule has 0 unspecified atom stereocenters. The van der Waals surface area contributed by atoms with Gasteiger partial charge in [-0.15, -0.1) is 0 Å². The molecule has 0 aliphatic carbocycles. The summed E-state index contributed by atoms with van der Waals surface area (Å²) in [4.78, 5) is 24.2. The van der Waals surface area contributed by atoms with Gasteiger partial charge in [0.1, 0.15) is 5.75 Å². The molecule has 5 nitrogen and oxygen atoms in total. The maximum atomic E-state index is 12.1. The first-order chi connectivity index (χ1) is 12.9. The van der Waals surface area contributed by atoms with Crippen LogP contribution in [0.3, 0.4) is 0 Å². The average Bonchev–Trinajstić information content (AvgIpc) is 2.63. The Balaban J connectivity index is 1.87. The highest BCUT2D eigenvalue weighted by Gasteiger charge is 2.13. The van der Waals surface area contributed by atoms with Gasteiger partial charge in [-0.1, -0.05) is 31.0 Å². The second-order valence-electron chi connectivity index (χ2n) is 6.29. The highest BCUT2D eigenvalue weighted by atomic mass is 35.5. The van der Waals surface area contributed by atoms with Gasteiger partial charge in [0.25, 0.3) is 5.91 Å². The molecule has 6 heteroatoms. The molecule has 2 aromatic rings. The largest absolute Gasteiger partial charge is 0.494 e. The molecule has 0 aliphatic rings. The van der Waals surface area contributed by atoms with Crippen LogP contribution in [0.4, 0.5) is 5.69 Å². The molecule has 27 heavy (non-hydrogen) atoms. The minimum absolute atomic E-state index is 0.357. The number of benzene rings is 2. The minimum atomic E-state index is -0.572. The highest BCUT2D eigenvalue weighted by molar-refractivity contribution is 6.34. The smallest absolute Gasteiger partial charge is 0.338 e. The Labute approximate surface area is 164 Å². The molecule has 0 saturated carbocycles. The van der Waals surface area contributed by atoms with E-state index < -0.39 is 18.5 Å². The van der Waals surface area contributed by atoms with Crippen molar-refractivity contribution in [2.75, 3.05) is 18.5 Å². The SMILES string of the molecule is CCCCOc1ccc(C(=O)OCC(=O)Nc2c(C)cc(C)cc2Cl)cc1. The van der Waals surface area contributed by atoms with Crippen LogP contribution in [-0.2, 0) is 9.53 Å². The number of ether oxygens (including phenoxy) is 2. The van der Waals surface area contributed by atoms with Crippen molar-refractivity contribution in [1.82, 2.24) is 0 Å². The first kappa shape index (κ1) is 20.8. The van der Waals surface area contributed by atoms with Crippen molar-refractivity contribution < 1.29 is 19.1 Å². The summed E-state index contributed by atoms with van der Waals surface area (Å²) in [6.07, 6.45) is 2.03. The fourth-order valence-corrected chi connectivity index (χ4v) is 2.85. The molecule has 1 N–H and O–H groups in total. The predicted octanol–water partition coefficient (Wildman–Crippen LogP) is 4.93. The van der Waals surface area contributed by atoms with Crippen LogP contribution in [0, 0.1) is 13.8 Å². The van der Waals surface area contributed by atoms with Gasteiger partial charge in [0.05, 0.1) is 22.9 Å². The predicted molar refractivity (Wildman–Crippen MR) is 107 cm³/mol. The highest BCUT2D eigenvalue weighted by Crippen LogP contribution is 2.27. The third-order valence-electron chi connectivity index (χ3n) is 3.89. The second kappa shape index (κ2) is 9.97. The van der Waals surface area contributed by atoms with Crippen LogP contribution >= 0.6 is 11.6 Å². The Kier molecular flexibility index (Phi) is 7.67. The third kappa shape index (κ3) is 6.29. The monoisotopic (exact) mass is 389 g/mol. The maximum Gasteiger partial charge on any atom is 0.338 e. The third-order valence-corrected chi connectivity index (χ3v) is 4.19. The van der Waals surface area contributed by atoms with E-state index in [0.717, 1.165) is 24.0 Å². The van der Waals surface area contributed by atoms with E-state index in [1.54, 1.807) is 30.3 Å². The number of halogens is 1. The standard InChI is InChI=1S/C21H24ClNO4/c1-4-5-10-26-17-8-6-16(7-9-17)21(25)27-13-19(24)23-20-15(3)11-14(2)12-18(20)22/h6-9,11-12H,4-5,10,13H2,1-3H3,(H,23,24). The summed E-state index contributed by atoms with van der Waals surface area (Å²) in [7, 11) is 0. The molecule has 2 aromatic carbocycles. The van der Waals surface area contributed by atoms with Gasteiger partial charge in [-0.25, -0.2) is 4.79 Å². The molecular formula is C21H24ClNO4. The van der Waals surface area contributed by atoms with Crippen LogP contribution in [0.2, 0.25) is 5.02 Å². The molecule has 1 amide bonds. The zero-order chi connectivity index (χ0) is 19.8. The molecule has 0 saturated heterocycles. The second-order valence-corrected chi connectivity index (χ2v) is 6.70. The number of rotatable bonds is 8. The summed E-state index contributed by atoms with van der Waals surface area (Å²) >= 11 is 6.16. The number of esters is 1. The lowest BCUT2D eigenvalue weighted by Gasteiger charge is -2.12. The van der Waals surface area contributed by atoms with Gasteiger partial charge in [0.2, 0.25) is 0 Å². The van der Waals surface area contributed by atoms with Crippen molar-refractivity contribution in [3.63, 3.8) is 0 Å². The zero-order valence-electron chi connectivity index (χ0n) is 15.8. The van der Waals surface area contributed by atoms with Crippen LogP contribution in [0.15, 0.2) is 36.4 Å². The van der Waals surface area contributed by atoms with Crippen LogP contribution < -0.4 is 10.1 Å². The first-order valence-electron chi connectivity index (χ1n) is 8.87. The number of unbranched alkanes of at least 4 members (excludes halogenated alkanes) is 1. The molecule has 0 atom stereocenters. The summed E-state index contributed by atoms with van der Waals surface area (Å²) in [5, 5.41) is 3.13. The number of nitrogens with one attached hydrogen (secondary N) is 1. The topological polar surface area (TPSA) is 64.6 Å². The van der Waals surface area contributed by atoms with Gasteiger partial charge < -0.3 is 14.8 Å². The number of hydrogen-bond acceptors (Lipinski definition) is 4. The fraction of sp³-hybridized carbons (Fsp3) is 0.333. The van der Waals surface area contributed by atoms with Crippen LogP contribution in [-0.4, -0.2) is 25.1 Å². The molecule has 144 valence electrons. The maximum absolute atomic E-state index is 12.1. The van der Waals surface area contributed by atoms with Crippen molar-refractivity contribution in [1.29, 1.82) is 0 Å². The lowest BCUT2D eigenvalue weighted by atomic mass is 10.1. The molecule has 0 aromatic heterocycles. The van der Waals surface area contributed by atoms with E-state index in [1.165, 1.54) is 0 Å². The Bertz CT molecular complexity index is 779. The van der Waals surface area contributed by atoms with E-state index in [-0.39, 0.29) is 0 Å². The number of anilines is 1. The van der Waals surface area contributed by atoms with E-state index in [9.17, 15) is 9.59 Å². The van der Waals surface area contributed by atoms with E-state index in [0.29, 0.717) is 28.6 Å². The lowest BCUT2D eigenvalue weighted by molar-refractivity contribution is -0.119. The van der Waals surface area contributed by atoms with Crippen LogP contribution in [0.1, 0.15) is 41.3 Å². The Morgan fingerprint density at radius 3 is 2.44 bits per heavy atom. The van der Waals surface area contributed by atoms with Crippen LogP contribution in [0.5, 0.6) is 5.75 Å². The van der Waals surface area contributed by atoms with E-state index in [2.05, 4.69) is 12.2 Å². The Morgan fingerprint density at radius 2 is 1.81 bits per heavy atom. The van der Waals surface area contributed by atoms with Gasteiger partial charge in [0, 0.05) is 0 Å². The van der Waals surface area contributed by atoms with Crippen LogP contribution in [0.25, 0.3) is 0 Å². The van der Waals surface area contributed by atoms with Crippen molar-refractivity contribution in [2.24, 2.45) is 0 Å². The summed E-state index contributed by atoms with van der Waals surface area (Å²) < 4.78 is 10.6. The molecule has 0 aliphatic heterocycles. The van der Waals surface area contributed by atoms with Gasteiger partial charge in [-0.05, 0) is 61.7 Å². The molecule has 0 heterocycles. The average molecular weight is 390 g/mol. The van der Waals surface area contributed by atoms with Crippen molar-refractivity contribution in [3.05, 3.63) is 58.1 Å². The minimum Gasteiger partial charge on any atom is -0.494 e. The molecule has 0 radical (unpaired) electrons. The lowest BCUT2D eigenvalue weighted by Crippen LogP contribution is -2.21. The fourth-order valence-electron chi connectivity index (χ4n) is 2.49. The number of aryl methyl sites for hydroxylation is 2. The Morgan fingerprint density at radius 1 is 1.11 bits per heavy atom. The van der Waals surface area contributed by atoms with Gasteiger partial charge in [0.15, 0.2) is 6.61 Å². The quantitative estimate of drug-likeness (QED) is 0.513. The first-order valence-corrected chi connectivity index (χ1v) is 9.25. The van der Waals surface area contributed by atoms with E-state index >= 15 is 0 Å². The van der Waals surface area contributed by atoms with Gasteiger partial charge in [-0.2, -0.15) is 0 Å². The van der Waals surface area contributed by atoms with Crippen molar-refractivity contribution >= 4 is 29.2 Å². The summed E-state index contributed by atoms with van der Waals surface area (Å²) in [5.74, 6) is -0.323. The van der Waals surface area contributed by atoms with Gasteiger partial charge in [-0.3, -0.25) is 4.79 Å². The molecule has 2 rings (SSSR count). The molecule has 0 bridgehead atoms. The summed E-state index contributed by atoms with van der Waals surface area (Å²) in [5.41, 5.74) is 2.73. The number of hydrogen-bond donors (Lipinski definition) is 1. The summed E-state index contributed by atoms with van der Waals surface area (Å²) in [6, 6.07) is 10.3. The van der Waals surface area contributed by atoms with Crippen molar-refractivity contribution in [2.45, 2.75) is 33.6 Å². The van der Waals surface area contributed by atoms with Gasteiger partial charge >= 0.3 is 5.97 Å². The molecular weight excluding hydrogens is 366 g/mol. The van der Waals surface area contributed by atoms with Crippen molar-refractivity contribution in [3.8, 4) is 5.75 Å². The molecule has 0 fully saturated rings. The number of carbonyl (C=O) groups excluding carboxylic acids is 2. The number of carbonyl (C=O) groups is 2. The summed E-state index contributed by atoms with van der Waals surface area (Å²) in [6.45, 7) is 6.11.